The van der Waals surface area contributed by atoms with Crippen LogP contribution in [0, 0.1) is 5.82 Å². The summed E-state index contributed by atoms with van der Waals surface area (Å²) in [5.74, 6) is 0.185. The molecule has 3 aromatic rings. The number of benzene rings is 2. The molecular formula is C16H10Cl2FN5. The van der Waals surface area contributed by atoms with Crippen LogP contribution in [-0.4, -0.2) is 20.2 Å². The Morgan fingerprint density at radius 3 is 2.62 bits per heavy atom. The molecule has 120 valence electrons. The molecule has 24 heavy (non-hydrogen) atoms. The molecule has 0 saturated heterocycles. The summed E-state index contributed by atoms with van der Waals surface area (Å²) in [4.78, 5) is 0. The van der Waals surface area contributed by atoms with E-state index in [0.29, 0.717) is 16.0 Å². The molecule has 0 saturated carbocycles. The van der Waals surface area contributed by atoms with Gasteiger partial charge in [-0.15, -0.1) is 0 Å². The highest BCUT2D eigenvalue weighted by Crippen LogP contribution is 2.35. The van der Waals surface area contributed by atoms with Crippen LogP contribution >= 0.6 is 23.2 Å². The number of anilines is 1. The van der Waals surface area contributed by atoms with Gasteiger partial charge in [-0.3, -0.25) is 0 Å². The van der Waals surface area contributed by atoms with E-state index in [1.165, 1.54) is 12.1 Å². The summed E-state index contributed by atoms with van der Waals surface area (Å²) in [6.07, 6.45) is 1.94. The third-order valence-corrected chi connectivity index (χ3v) is 4.33. The highest BCUT2D eigenvalue weighted by molar-refractivity contribution is 6.35. The third kappa shape index (κ3) is 2.64. The number of rotatable bonds is 2. The van der Waals surface area contributed by atoms with Crippen molar-refractivity contribution in [1.82, 2.24) is 20.2 Å². The van der Waals surface area contributed by atoms with Crippen LogP contribution in [0.1, 0.15) is 17.2 Å². The Bertz CT molecular complexity index is 936. The first-order valence-corrected chi connectivity index (χ1v) is 7.85. The van der Waals surface area contributed by atoms with Gasteiger partial charge in [0.15, 0.2) is 0 Å². The van der Waals surface area contributed by atoms with E-state index in [9.17, 15) is 4.39 Å². The molecule has 5 nitrogen and oxygen atoms in total. The number of tetrazole rings is 1. The zero-order valence-electron chi connectivity index (χ0n) is 12.1. The van der Waals surface area contributed by atoms with E-state index < -0.39 is 0 Å². The first-order chi connectivity index (χ1) is 11.6. The fraction of sp³-hybridized carbons (Fsp3) is 0.0625. The Morgan fingerprint density at radius 2 is 1.88 bits per heavy atom. The first-order valence-electron chi connectivity index (χ1n) is 7.09. The monoisotopic (exact) mass is 361 g/mol. The van der Waals surface area contributed by atoms with E-state index >= 15 is 0 Å². The summed E-state index contributed by atoms with van der Waals surface area (Å²) in [5.41, 5.74) is 2.41. The van der Waals surface area contributed by atoms with Crippen LogP contribution in [0.2, 0.25) is 10.0 Å². The summed E-state index contributed by atoms with van der Waals surface area (Å²) >= 11 is 12.3. The van der Waals surface area contributed by atoms with Gasteiger partial charge < -0.3 is 5.32 Å². The van der Waals surface area contributed by atoms with Gasteiger partial charge in [-0.05, 0) is 64.0 Å². The van der Waals surface area contributed by atoms with Crippen LogP contribution in [0.25, 0.3) is 5.70 Å². The Kier molecular flexibility index (Phi) is 3.70. The molecule has 0 fully saturated rings. The molecule has 0 radical (unpaired) electrons. The molecule has 2 heterocycles. The molecule has 1 atom stereocenters. The highest BCUT2D eigenvalue weighted by Gasteiger charge is 2.25. The SMILES string of the molecule is Fc1ccc(C2=C[C@@H](c3ccc(Cl)cc3Cl)n3nnnc3N2)cc1. The largest absolute Gasteiger partial charge is 0.323 e. The molecule has 0 amide bonds. The van der Waals surface area contributed by atoms with Crippen molar-refractivity contribution in [1.29, 1.82) is 0 Å². The maximum atomic E-state index is 13.2. The lowest BCUT2D eigenvalue weighted by Gasteiger charge is -2.24. The molecule has 1 aliphatic rings. The third-order valence-electron chi connectivity index (χ3n) is 3.76. The molecule has 1 aliphatic heterocycles. The fourth-order valence-electron chi connectivity index (χ4n) is 2.61. The second-order valence-electron chi connectivity index (χ2n) is 5.27. The highest BCUT2D eigenvalue weighted by atomic mass is 35.5. The van der Waals surface area contributed by atoms with Crippen molar-refractivity contribution < 1.29 is 4.39 Å². The van der Waals surface area contributed by atoms with Crippen LogP contribution in [0.4, 0.5) is 10.3 Å². The smallest absolute Gasteiger partial charge is 0.248 e. The Hall–Kier alpha value is -2.44. The van der Waals surface area contributed by atoms with E-state index in [1.54, 1.807) is 28.9 Å². The standard InChI is InChI=1S/C16H10Cl2FN5/c17-10-3-6-12(13(18)7-10)15-8-14(9-1-4-11(19)5-2-9)20-16-21-22-23-24(15)16/h1-8,15H,(H,20,21,23)/t15-/m0/s1. The molecule has 8 heteroatoms. The van der Waals surface area contributed by atoms with E-state index in [0.717, 1.165) is 16.8 Å². The maximum Gasteiger partial charge on any atom is 0.248 e. The number of fused-ring (bicyclic) bond motifs is 1. The minimum Gasteiger partial charge on any atom is -0.323 e. The number of aromatic nitrogens is 4. The molecular weight excluding hydrogens is 352 g/mol. The number of nitrogens with zero attached hydrogens (tertiary/aromatic N) is 4. The zero-order chi connectivity index (χ0) is 16.7. The van der Waals surface area contributed by atoms with Gasteiger partial charge >= 0.3 is 0 Å². The van der Waals surface area contributed by atoms with Crippen molar-refractivity contribution >= 4 is 34.8 Å². The average Bonchev–Trinajstić information content (AvgIpc) is 3.03. The fourth-order valence-corrected chi connectivity index (χ4v) is 3.13. The molecule has 1 N–H and O–H groups in total. The summed E-state index contributed by atoms with van der Waals surface area (Å²) in [6, 6.07) is 11.2. The number of hydrogen-bond donors (Lipinski definition) is 1. The van der Waals surface area contributed by atoms with E-state index in [2.05, 4.69) is 20.8 Å². The van der Waals surface area contributed by atoms with E-state index in [1.807, 2.05) is 12.1 Å². The zero-order valence-corrected chi connectivity index (χ0v) is 13.6. The predicted molar refractivity (Wildman–Crippen MR) is 90.4 cm³/mol. The van der Waals surface area contributed by atoms with Crippen LogP contribution in [0.5, 0.6) is 0 Å². The van der Waals surface area contributed by atoms with Gasteiger partial charge in [-0.1, -0.05) is 34.4 Å². The predicted octanol–water partition coefficient (Wildman–Crippen LogP) is 4.18. The van der Waals surface area contributed by atoms with E-state index in [4.69, 9.17) is 23.2 Å². The molecule has 0 unspecified atom stereocenters. The van der Waals surface area contributed by atoms with Crippen LogP contribution in [0.3, 0.4) is 0 Å². The minimum atomic E-state index is -0.305. The second kappa shape index (κ2) is 5.89. The first kappa shape index (κ1) is 15.1. The lowest BCUT2D eigenvalue weighted by Crippen LogP contribution is -2.20. The van der Waals surface area contributed by atoms with Gasteiger partial charge in [0.05, 0.1) is 0 Å². The molecule has 1 aromatic heterocycles. The second-order valence-corrected chi connectivity index (χ2v) is 6.11. The molecule has 0 spiro atoms. The summed E-state index contributed by atoms with van der Waals surface area (Å²) in [5, 5.41) is 15.9. The molecule has 4 rings (SSSR count). The lowest BCUT2D eigenvalue weighted by atomic mass is 10.0. The minimum absolute atomic E-state index is 0.294. The summed E-state index contributed by atoms with van der Waals surface area (Å²) in [7, 11) is 0. The Labute approximate surface area is 146 Å². The van der Waals surface area contributed by atoms with E-state index in [-0.39, 0.29) is 11.9 Å². The summed E-state index contributed by atoms with van der Waals surface area (Å²) in [6.45, 7) is 0. The van der Waals surface area contributed by atoms with Crippen molar-refractivity contribution in [3.63, 3.8) is 0 Å². The maximum absolute atomic E-state index is 13.2. The number of nitrogens with one attached hydrogen (secondary N) is 1. The summed E-state index contributed by atoms with van der Waals surface area (Å²) < 4.78 is 14.8. The number of hydrogen-bond acceptors (Lipinski definition) is 4. The van der Waals surface area contributed by atoms with Gasteiger partial charge in [-0.25, -0.2) is 4.39 Å². The molecule has 0 bridgehead atoms. The number of allylic oxidation sites excluding steroid dienone is 1. The van der Waals surface area contributed by atoms with Crippen LogP contribution in [-0.2, 0) is 0 Å². The van der Waals surface area contributed by atoms with Crippen molar-refractivity contribution in [2.45, 2.75) is 6.04 Å². The van der Waals surface area contributed by atoms with Crippen molar-refractivity contribution in [2.75, 3.05) is 5.32 Å². The van der Waals surface area contributed by atoms with Crippen molar-refractivity contribution in [3.05, 3.63) is 75.5 Å². The van der Waals surface area contributed by atoms with Gasteiger partial charge in [0.2, 0.25) is 5.95 Å². The van der Waals surface area contributed by atoms with Crippen LogP contribution in [0.15, 0.2) is 48.5 Å². The van der Waals surface area contributed by atoms with Gasteiger partial charge in [0.1, 0.15) is 11.9 Å². The van der Waals surface area contributed by atoms with Crippen LogP contribution < -0.4 is 5.32 Å². The number of halogens is 3. The average molecular weight is 362 g/mol. The normalized spacial score (nSPS) is 16.3. The van der Waals surface area contributed by atoms with Gasteiger partial charge in [0.25, 0.3) is 0 Å². The quantitative estimate of drug-likeness (QED) is 0.743. The van der Waals surface area contributed by atoms with Gasteiger partial charge in [0, 0.05) is 15.7 Å². The molecule has 2 aromatic carbocycles. The van der Waals surface area contributed by atoms with Crippen molar-refractivity contribution in [3.8, 4) is 0 Å². The molecule has 0 aliphatic carbocycles. The van der Waals surface area contributed by atoms with Gasteiger partial charge in [-0.2, -0.15) is 4.68 Å². The van der Waals surface area contributed by atoms with Crippen molar-refractivity contribution in [2.24, 2.45) is 0 Å². The Balaban J connectivity index is 1.83. The lowest BCUT2D eigenvalue weighted by molar-refractivity contribution is 0.586. The topological polar surface area (TPSA) is 55.6 Å². The Morgan fingerprint density at radius 1 is 1.08 bits per heavy atom.